The first kappa shape index (κ1) is 25.7. The van der Waals surface area contributed by atoms with Gasteiger partial charge in [-0.2, -0.15) is 13.2 Å². The number of hydrogen-bond donors (Lipinski definition) is 1. The van der Waals surface area contributed by atoms with Gasteiger partial charge in [0.25, 0.3) is 0 Å². The molecule has 0 saturated carbocycles. The Balaban J connectivity index is 0.00000176. The minimum absolute atomic E-state index is 0.321. The first-order chi connectivity index (χ1) is 15.2. The predicted molar refractivity (Wildman–Crippen MR) is 123 cm³/mol. The molecule has 0 saturated heterocycles. The van der Waals surface area contributed by atoms with Gasteiger partial charge in [0.05, 0.1) is 16.6 Å². The number of anilines is 1. The number of nitrogens with zero attached hydrogens (tertiary/aromatic N) is 2. The van der Waals surface area contributed by atoms with Crippen LogP contribution in [0, 0.1) is 0 Å². The number of hydrogen-bond acceptors (Lipinski definition) is 4. The van der Waals surface area contributed by atoms with Crippen molar-refractivity contribution in [3.63, 3.8) is 0 Å². The quantitative estimate of drug-likeness (QED) is 0.345. The standard InChI is InChI=1S/C21H18Cl2F3N3O.C2H6/c1-13(22)19-18(23)20(29-12-28-19)27-11-10-14-2-6-16(7-3-14)30-17-8-4-15(5-9-17)21(24,25)26;1-2/h2-9,12-13H,10-11H2,1H3,(H,27,28,29);1-2H3. The van der Waals surface area contributed by atoms with Gasteiger partial charge in [-0.15, -0.1) is 11.6 Å². The van der Waals surface area contributed by atoms with Crippen LogP contribution in [0.5, 0.6) is 11.5 Å². The van der Waals surface area contributed by atoms with Crippen molar-refractivity contribution < 1.29 is 17.9 Å². The van der Waals surface area contributed by atoms with Gasteiger partial charge >= 0.3 is 6.18 Å². The van der Waals surface area contributed by atoms with E-state index in [2.05, 4.69) is 15.3 Å². The Labute approximate surface area is 195 Å². The predicted octanol–water partition coefficient (Wildman–Crippen LogP) is 7.92. The van der Waals surface area contributed by atoms with Gasteiger partial charge in [0.15, 0.2) is 0 Å². The fourth-order valence-electron chi connectivity index (χ4n) is 2.68. The van der Waals surface area contributed by atoms with E-state index in [1.54, 1.807) is 19.1 Å². The zero-order valence-electron chi connectivity index (χ0n) is 17.9. The van der Waals surface area contributed by atoms with Crippen LogP contribution >= 0.6 is 23.2 Å². The minimum Gasteiger partial charge on any atom is -0.457 e. The Morgan fingerprint density at radius 2 is 1.53 bits per heavy atom. The second kappa shape index (κ2) is 11.9. The SMILES string of the molecule is CC.CC(Cl)c1ncnc(NCCc2ccc(Oc3ccc(C(F)(F)F)cc3)cc2)c1Cl. The highest BCUT2D eigenvalue weighted by molar-refractivity contribution is 6.34. The molecular formula is C23H24Cl2F3N3O. The Morgan fingerprint density at radius 1 is 0.969 bits per heavy atom. The summed E-state index contributed by atoms with van der Waals surface area (Å²) in [6.45, 7) is 6.37. The summed E-state index contributed by atoms with van der Waals surface area (Å²) in [5, 5.41) is 3.25. The van der Waals surface area contributed by atoms with Gasteiger partial charge in [0, 0.05) is 6.54 Å². The maximum absolute atomic E-state index is 12.6. The van der Waals surface area contributed by atoms with Crippen molar-refractivity contribution in [1.29, 1.82) is 0 Å². The van der Waals surface area contributed by atoms with E-state index in [-0.39, 0.29) is 5.38 Å². The monoisotopic (exact) mass is 485 g/mol. The van der Waals surface area contributed by atoms with Gasteiger partial charge in [0.1, 0.15) is 28.7 Å². The maximum atomic E-state index is 12.6. The van der Waals surface area contributed by atoms with Crippen molar-refractivity contribution in [3.8, 4) is 11.5 Å². The third-order valence-electron chi connectivity index (χ3n) is 4.24. The van der Waals surface area contributed by atoms with E-state index in [9.17, 15) is 13.2 Å². The lowest BCUT2D eigenvalue weighted by molar-refractivity contribution is -0.137. The summed E-state index contributed by atoms with van der Waals surface area (Å²) in [5.74, 6) is 1.39. The van der Waals surface area contributed by atoms with Crippen LogP contribution in [0.3, 0.4) is 0 Å². The molecule has 0 radical (unpaired) electrons. The summed E-state index contributed by atoms with van der Waals surface area (Å²) >= 11 is 12.3. The van der Waals surface area contributed by atoms with Crippen LogP contribution in [0.15, 0.2) is 54.9 Å². The molecule has 9 heteroatoms. The molecule has 1 aromatic heterocycles. The zero-order valence-corrected chi connectivity index (χ0v) is 19.4. The minimum atomic E-state index is -4.37. The zero-order chi connectivity index (χ0) is 23.7. The molecule has 0 bridgehead atoms. The highest BCUT2D eigenvalue weighted by Crippen LogP contribution is 2.32. The summed E-state index contributed by atoms with van der Waals surface area (Å²) in [5.41, 5.74) is 0.896. The van der Waals surface area contributed by atoms with Crippen LogP contribution < -0.4 is 10.1 Å². The number of benzene rings is 2. The largest absolute Gasteiger partial charge is 0.457 e. The molecule has 0 spiro atoms. The van der Waals surface area contributed by atoms with E-state index < -0.39 is 11.7 Å². The molecular weight excluding hydrogens is 462 g/mol. The van der Waals surface area contributed by atoms with Gasteiger partial charge in [-0.25, -0.2) is 9.97 Å². The number of rotatable bonds is 7. The molecule has 2 aromatic carbocycles. The number of alkyl halides is 4. The van der Waals surface area contributed by atoms with Gasteiger partial charge < -0.3 is 10.1 Å². The molecule has 0 aliphatic heterocycles. The average molecular weight is 486 g/mol. The Hall–Kier alpha value is -2.51. The van der Waals surface area contributed by atoms with Crippen molar-refractivity contribution in [2.75, 3.05) is 11.9 Å². The lowest BCUT2D eigenvalue weighted by Crippen LogP contribution is -2.08. The average Bonchev–Trinajstić information content (AvgIpc) is 2.77. The summed E-state index contributed by atoms with van der Waals surface area (Å²) in [4.78, 5) is 8.21. The van der Waals surface area contributed by atoms with Gasteiger partial charge in [-0.3, -0.25) is 0 Å². The third kappa shape index (κ3) is 7.28. The third-order valence-corrected chi connectivity index (χ3v) is 4.82. The second-order valence-electron chi connectivity index (χ2n) is 6.48. The van der Waals surface area contributed by atoms with Crippen LogP contribution in [0.25, 0.3) is 0 Å². The van der Waals surface area contributed by atoms with Crippen LogP contribution in [-0.4, -0.2) is 16.5 Å². The number of aromatic nitrogens is 2. The summed E-state index contributed by atoms with van der Waals surface area (Å²) in [7, 11) is 0. The summed E-state index contributed by atoms with van der Waals surface area (Å²) < 4.78 is 43.4. The lowest BCUT2D eigenvalue weighted by atomic mass is 10.1. The van der Waals surface area contributed by atoms with Gasteiger partial charge in [-0.1, -0.05) is 37.6 Å². The second-order valence-corrected chi connectivity index (χ2v) is 7.52. The van der Waals surface area contributed by atoms with E-state index in [1.165, 1.54) is 18.5 Å². The number of ether oxygens (including phenoxy) is 1. The molecule has 32 heavy (non-hydrogen) atoms. The van der Waals surface area contributed by atoms with Crippen molar-refractivity contribution in [2.45, 2.75) is 38.7 Å². The Bertz CT molecular complexity index is 979. The molecule has 4 nitrogen and oxygen atoms in total. The normalized spacial score (nSPS) is 11.9. The van der Waals surface area contributed by atoms with E-state index in [1.807, 2.05) is 26.0 Å². The summed E-state index contributed by atoms with van der Waals surface area (Å²) in [6.07, 6.45) is -2.25. The van der Waals surface area contributed by atoms with E-state index in [0.717, 1.165) is 17.7 Å². The van der Waals surface area contributed by atoms with Crippen LogP contribution in [0.1, 0.15) is 43.0 Å². The molecule has 172 valence electrons. The summed E-state index contributed by atoms with van der Waals surface area (Å²) in [6, 6.07) is 11.9. The van der Waals surface area contributed by atoms with Gasteiger partial charge in [0.2, 0.25) is 0 Å². The van der Waals surface area contributed by atoms with Crippen LogP contribution in [-0.2, 0) is 12.6 Å². The van der Waals surface area contributed by atoms with Crippen molar-refractivity contribution in [3.05, 3.63) is 76.7 Å². The molecule has 3 rings (SSSR count). The first-order valence-corrected chi connectivity index (χ1v) is 10.9. The van der Waals surface area contributed by atoms with E-state index in [0.29, 0.717) is 41.0 Å². The highest BCUT2D eigenvalue weighted by atomic mass is 35.5. The highest BCUT2D eigenvalue weighted by Gasteiger charge is 2.30. The van der Waals surface area contributed by atoms with Crippen molar-refractivity contribution in [2.24, 2.45) is 0 Å². The molecule has 1 unspecified atom stereocenters. The van der Waals surface area contributed by atoms with E-state index in [4.69, 9.17) is 27.9 Å². The van der Waals surface area contributed by atoms with Crippen LogP contribution in [0.4, 0.5) is 19.0 Å². The maximum Gasteiger partial charge on any atom is 0.416 e. The molecule has 0 amide bonds. The van der Waals surface area contributed by atoms with Gasteiger partial charge in [-0.05, 0) is 55.3 Å². The molecule has 3 aromatic rings. The number of halogens is 5. The molecule has 0 fully saturated rings. The van der Waals surface area contributed by atoms with Crippen molar-refractivity contribution in [1.82, 2.24) is 9.97 Å². The topological polar surface area (TPSA) is 47.0 Å². The molecule has 0 aliphatic carbocycles. The van der Waals surface area contributed by atoms with Crippen LogP contribution in [0.2, 0.25) is 5.02 Å². The fraction of sp³-hybridized carbons (Fsp3) is 0.304. The van der Waals surface area contributed by atoms with Crippen molar-refractivity contribution >= 4 is 29.0 Å². The Morgan fingerprint density at radius 3 is 2.06 bits per heavy atom. The smallest absolute Gasteiger partial charge is 0.416 e. The lowest BCUT2D eigenvalue weighted by Gasteiger charge is -2.11. The fourth-order valence-corrected chi connectivity index (χ4v) is 3.23. The first-order valence-electron chi connectivity index (χ1n) is 10.1. The molecule has 0 aliphatic rings. The Kier molecular flexibility index (Phi) is 9.60. The molecule has 1 atom stereocenters. The number of nitrogens with one attached hydrogen (secondary N) is 1. The molecule has 1 heterocycles. The molecule has 1 N–H and O–H groups in total. The van der Waals surface area contributed by atoms with E-state index >= 15 is 0 Å².